The maximum atomic E-state index is 6.46. The summed E-state index contributed by atoms with van der Waals surface area (Å²) in [5.41, 5.74) is 13.2. The molecular weight excluding hydrogens is 765 g/mol. The Morgan fingerprint density at radius 1 is 0.333 bits per heavy atom. The van der Waals surface area contributed by atoms with E-state index in [0.717, 1.165) is 50.1 Å². The molecule has 2 heterocycles. The fraction of sp³-hybridized carbons (Fsp3) is 0. The first-order valence-electron chi connectivity index (χ1n) is 21.6. The first-order valence-corrected chi connectivity index (χ1v) is 21.6. The van der Waals surface area contributed by atoms with Crippen LogP contribution in [0.4, 0.5) is 17.1 Å². The highest BCUT2D eigenvalue weighted by Gasteiger charge is 2.20. The number of aromatic nitrogens is 1. The van der Waals surface area contributed by atoms with E-state index < -0.39 is 0 Å². The number of hydrogen-bond acceptors (Lipinski definition) is 2. The number of anilines is 3. The van der Waals surface area contributed by atoms with Crippen LogP contribution in [0.1, 0.15) is 0 Å². The van der Waals surface area contributed by atoms with E-state index >= 15 is 0 Å². The normalized spacial score (nSPS) is 11.8. The van der Waals surface area contributed by atoms with Crippen LogP contribution < -0.4 is 4.90 Å². The summed E-state index contributed by atoms with van der Waals surface area (Å²) in [5.74, 6) is 0. The standard InChI is InChI=1S/C60H38N2O/c1-4-17-47-40(13-1)15-11-25-55(47)62-56-24-9-7-20-51(56)54-37-42(31-36-57(54)62)39-27-32-44(33-28-39)61(58-38-43-14-2-3-16-46(43)49-18-5-6-19-50(49)58)45-34-29-41(30-35-45)48-22-12-23-53-52-21-8-10-26-59(52)63-60(48)53/h1-38H. The lowest BCUT2D eigenvalue weighted by Crippen LogP contribution is -2.10. The molecule has 11 aromatic carbocycles. The Kier molecular flexibility index (Phi) is 7.91. The quantitative estimate of drug-likeness (QED) is 0.156. The molecule has 0 aliphatic heterocycles. The minimum Gasteiger partial charge on any atom is -0.455 e. The summed E-state index contributed by atoms with van der Waals surface area (Å²) in [6.07, 6.45) is 0. The van der Waals surface area contributed by atoms with Gasteiger partial charge >= 0.3 is 0 Å². The number of para-hydroxylation sites is 3. The highest BCUT2D eigenvalue weighted by molar-refractivity contribution is 6.15. The summed E-state index contributed by atoms with van der Waals surface area (Å²) in [4.78, 5) is 2.41. The molecule has 3 heteroatoms. The maximum Gasteiger partial charge on any atom is 0.143 e. The van der Waals surface area contributed by atoms with Crippen molar-refractivity contribution in [3.8, 4) is 27.9 Å². The van der Waals surface area contributed by atoms with Gasteiger partial charge in [-0.3, -0.25) is 0 Å². The average Bonchev–Trinajstić information content (AvgIpc) is 3.90. The van der Waals surface area contributed by atoms with E-state index in [1.165, 1.54) is 70.9 Å². The molecule has 0 spiro atoms. The summed E-state index contributed by atoms with van der Waals surface area (Å²) >= 11 is 0. The monoisotopic (exact) mass is 802 g/mol. The molecule has 0 saturated carbocycles. The zero-order valence-corrected chi connectivity index (χ0v) is 34.2. The largest absolute Gasteiger partial charge is 0.455 e. The number of fused-ring (bicyclic) bond motifs is 10. The van der Waals surface area contributed by atoms with Gasteiger partial charge in [0.25, 0.3) is 0 Å². The summed E-state index contributed by atoms with van der Waals surface area (Å²) in [5, 5.41) is 12.1. The second-order valence-corrected chi connectivity index (χ2v) is 16.5. The minimum atomic E-state index is 0.905. The lowest BCUT2D eigenvalue weighted by Gasteiger charge is -2.28. The van der Waals surface area contributed by atoms with E-state index in [1.807, 2.05) is 12.1 Å². The van der Waals surface area contributed by atoms with Crippen molar-refractivity contribution in [2.24, 2.45) is 0 Å². The van der Waals surface area contributed by atoms with E-state index in [2.05, 4.69) is 228 Å². The molecule has 0 radical (unpaired) electrons. The number of rotatable bonds is 6. The Bertz CT molecular complexity index is 3910. The summed E-state index contributed by atoms with van der Waals surface area (Å²) < 4.78 is 8.89. The van der Waals surface area contributed by atoms with E-state index in [-0.39, 0.29) is 0 Å². The summed E-state index contributed by atoms with van der Waals surface area (Å²) in [6, 6.07) is 83.5. The number of furan rings is 1. The van der Waals surface area contributed by atoms with Gasteiger partial charge in [-0.25, -0.2) is 0 Å². The third kappa shape index (κ3) is 5.60. The number of benzene rings is 11. The van der Waals surface area contributed by atoms with Crippen molar-refractivity contribution in [2.45, 2.75) is 0 Å². The zero-order chi connectivity index (χ0) is 41.4. The van der Waals surface area contributed by atoms with Gasteiger partial charge in [-0.2, -0.15) is 0 Å². The maximum absolute atomic E-state index is 6.46. The lowest BCUT2D eigenvalue weighted by atomic mass is 9.98. The molecule has 294 valence electrons. The highest BCUT2D eigenvalue weighted by atomic mass is 16.3. The molecule has 0 bridgehead atoms. The molecule has 0 atom stereocenters. The second kappa shape index (κ2) is 14.1. The predicted molar refractivity (Wildman–Crippen MR) is 266 cm³/mol. The van der Waals surface area contributed by atoms with Crippen LogP contribution in [-0.2, 0) is 0 Å². The number of nitrogens with zero attached hydrogens (tertiary/aromatic N) is 2. The van der Waals surface area contributed by atoms with Crippen molar-refractivity contribution in [1.82, 2.24) is 4.57 Å². The van der Waals surface area contributed by atoms with Crippen molar-refractivity contribution < 1.29 is 4.42 Å². The van der Waals surface area contributed by atoms with Crippen molar-refractivity contribution >= 4 is 93.1 Å². The van der Waals surface area contributed by atoms with Crippen LogP contribution in [-0.4, -0.2) is 4.57 Å². The minimum absolute atomic E-state index is 0.905. The molecule has 2 aromatic heterocycles. The first kappa shape index (κ1) is 35.4. The molecule has 13 rings (SSSR count). The third-order valence-corrected chi connectivity index (χ3v) is 13.0. The van der Waals surface area contributed by atoms with E-state index in [1.54, 1.807) is 0 Å². The smallest absolute Gasteiger partial charge is 0.143 e. The molecule has 0 aliphatic carbocycles. The van der Waals surface area contributed by atoms with Crippen LogP contribution in [0.25, 0.3) is 104 Å². The second-order valence-electron chi connectivity index (χ2n) is 16.5. The van der Waals surface area contributed by atoms with Crippen molar-refractivity contribution in [2.75, 3.05) is 4.90 Å². The molecule has 0 fully saturated rings. The summed E-state index contributed by atoms with van der Waals surface area (Å²) in [6.45, 7) is 0. The molecule has 3 nitrogen and oxygen atoms in total. The zero-order valence-electron chi connectivity index (χ0n) is 34.2. The molecule has 0 N–H and O–H groups in total. The van der Waals surface area contributed by atoms with Gasteiger partial charge in [0.05, 0.1) is 22.4 Å². The number of hydrogen-bond donors (Lipinski definition) is 0. The van der Waals surface area contributed by atoms with Crippen LogP contribution in [0.2, 0.25) is 0 Å². The third-order valence-electron chi connectivity index (χ3n) is 13.0. The van der Waals surface area contributed by atoms with Crippen molar-refractivity contribution in [3.63, 3.8) is 0 Å². The van der Waals surface area contributed by atoms with Gasteiger partial charge in [-0.1, -0.05) is 170 Å². The van der Waals surface area contributed by atoms with Crippen LogP contribution in [0.3, 0.4) is 0 Å². The molecular formula is C60H38N2O. The van der Waals surface area contributed by atoms with E-state index in [0.29, 0.717) is 0 Å². The fourth-order valence-electron chi connectivity index (χ4n) is 10.0. The molecule has 13 aromatic rings. The molecule has 0 unspecified atom stereocenters. The Labute approximate surface area is 363 Å². The van der Waals surface area contributed by atoms with Crippen LogP contribution in [0.15, 0.2) is 235 Å². The SMILES string of the molecule is c1ccc2c(-n3c4ccccc4c4cc(-c5ccc(N(c6ccc(-c7cccc8c7oc7ccccc78)cc6)c6cc7ccccc7c7ccccc67)cc5)ccc43)cccc2c1. The van der Waals surface area contributed by atoms with Gasteiger partial charge in [0.2, 0.25) is 0 Å². The average molecular weight is 803 g/mol. The van der Waals surface area contributed by atoms with Crippen LogP contribution in [0, 0.1) is 0 Å². The Morgan fingerprint density at radius 2 is 0.905 bits per heavy atom. The van der Waals surface area contributed by atoms with Gasteiger partial charge < -0.3 is 13.9 Å². The van der Waals surface area contributed by atoms with E-state index in [4.69, 9.17) is 4.42 Å². The van der Waals surface area contributed by atoms with Crippen molar-refractivity contribution in [3.05, 3.63) is 231 Å². The first-order chi connectivity index (χ1) is 31.2. The van der Waals surface area contributed by atoms with Gasteiger partial charge in [0, 0.05) is 49.3 Å². The topological polar surface area (TPSA) is 21.3 Å². The highest BCUT2D eigenvalue weighted by Crippen LogP contribution is 2.44. The van der Waals surface area contributed by atoms with E-state index in [9.17, 15) is 0 Å². The molecule has 0 amide bonds. The lowest BCUT2D eigenvalue weighted by molar-refractivity contribution is 0.670. The Morgan fingerprint density at radius 3 is 1.71 bits per heavy atom. The Balaban J connectivity index is 0.944. The van der Waals surface area contributed by atoms with Crippen LogP contribution >= 0.6 is 0 Å². The molecule has 0 saturated heterocycles. The predicted octanol–water partition coefficient (Wildman–Crippen LogP) is 16.9. The van der Waals surface area contributed by atoms with Crippen molar-refractivity contribution in [1.29, 1.82) is 0 Å². The molecule has 63 heavy (non-hydrogen) atoms. The van der Waals surface area contributed by atoms with Crippen LogP contribution in [0.5, 0.6) is 0 Å². The van der Waals surface area contributed by atoms with Gasteiger partial charge in [0.15, 0.2) is 0 Å². The molecule has 0 aliphatic rings. The Hall–Kier alpha value is -8.40. The summed E-state index contributed by atoms with van der Waals surface area (Å²) in [7, 11) is 0. The van der Waals surface area contributed by atoms with Gasteiger partial charge in [-0.15, -0.1) is 0 Å². The van der Waals surface area contributed by atoms with Gasteiger partial charge in [-0.05, 0) is 98.9 Å². The fourth-order valence-corrected chi connectivity index (χ4v) is 10.0. The van der Waals surface area contributed by atoms with Gasteiger partial charge in [0.1, 0.15) is 11.2 Å².